The van der Waals surface area contributed by atoms with Crippen LogP contribution >= 0.6 is 0 Å². The Morgan fingerprint density at radius 1 is 1.16 bits per heavy atom. The predicted octanol–water partition coefficient (Wildman–Crippen LogP) is 0.826. The summed E-state index contributed by atoms with van der Waals surface area (Å²) in [7, 11) is 2.24. The van der Waals surface area contributed by atoms with E-state index in [1.807, 2.05) is 0 Å². The normalized spacial score (nSPS) is 36.3. The van der Waals surface area contributed by atoms with Crippen molar-refractivity contribution in [3.05, 3.63) is 0 Å². The van der Waals surface area contributed by atoms with E-state index >= 15 is 0 Å². The van der Waals surface area contributed by atoms with Gasteiger partial charge < -0.3 is 15.5 Å². The molecule has 0 aromatic carbocycles. The first-order valence-electron chi connectivity index (χ1n) is 7.99. The largest absolute Gasteiger partial charge is 0.329 e. The zero-order valence-electron chi connectivity index (χ0n) is 13.1. The topological polar surface area (TPSA) is 35.7 Å². The molecule has 2 rings (SSSR count). The highest BCUT2D eigenvalue weighted by atomic mass is 15.3. The molecule has 2 N–H and O–H groups in total. The molecule has 0 aliphatic carbocycles. The maximum atomic E-state index is 6.23. The third kappa shape index (κ3) is 3.30. The summed E-state index contributed by atoms with van der Waals surface area (Å²) in [6.07, 6.45) is 3.82. The summed E-state index contributed by atoms with van der Waals surface area (Å²) in [6.45, 7) is 12.6. The molecule has 112 valence electrons. The van der Waals surface area contributed by atoms with E-state index < -0.39 is 0 Å². The molecule has 2 saturated heterocycles. The number of nitrogens with zero attached hydrogens (tertiary/aromatic N) is 3. The Balaban J connectivity index is 2.05. The van der Waals surface area contributed by atoms with Gasteiger partial charge in [0.2, 0.25) is 0 Å². The third-order valence-electron chi connectivity index (χ3n) is 5.47. The van der Waals surface area contributed by atoms with Crippen LogP contribution in [0.5, 0.6) is 0 Å². The van der Waals surface area contributed by atoms with Gasteiger partial charge in [0.1, 0.15) is 0 Å². The van der Waals surface area contributed by atoms with Gasteiger partial charge in [0.25, 0.3) is 0 Å². The summed E-state index contributed by atoms with van der Waals surface area (Å²) in [4.78, 5) is 7.75. The fourth-order valence-electron chi connectivity index (χ4n) is 3.68. The number of likely N-dealkylation sites (N-methyl/N-ethyl adjacent to an activating group) is 1. The number of rotatable bonds is 3. The van der Waals surface area contributed by atoms with Crippen LogP contribution in [0.2, 0.25) is 0 Å². The number of nitrogens with two attached hydrogens (primary N) is 1. The molecule has 0 spiro atoms. The summed E-state index contributed by atoms with van der Waals surface area (Å²) >= 11 is 0. The molecule has 2 aliphatic rings. The summed E-state index contributed by atoms with van der Waals surface area (Å²) in [5.41, 5.74) is 6.50. The predicted molar refractivity (Wildman–Crippen MR) is 81.4 cm³/mol. The molecule has 0 saturated carbocycles. The second-order valence-corrected chi connectivity index (χ2v) is 6.49. The minimum atomic E-state index is 0.263. The molecule has 2 unspecified atom stereocenters. The number of piperazine rings is 1. The molecule has 2 aliphatic heterocycles. The Morgan fingerprint density at radius 3 is 2.58 bits per heavy atom. The van der Waals surface area contributed by atoms with Crippen LogP contribution in [0.4, 0.5) is 0 Å². The summed E-state index contributed by atoms with van der Waals surface area (Å²) in [6, 6.07) is 0.655. The average Bonchev–Trinajstić information content (AvgIpc) is 2.64. The van der Waals surface area contributed by atoms with Gasteiger partial charge in [0.05, 0.1) is 0 Å². The van der Waals surface area contributed by atoms with Crippen molar-refractivity contribution < 1.29 is 0 Å². The van der Waals surface area contributed by atoms with Gasteiger partial charge in [0, 0.05) is 37.8 Å². The smallest absolute Gasteiger partial charge is 0.0345 e. The SMILES string of the molecule is CCN1CCCC(CN)(N2CCN(C)C(C)C2)CC1. The van der Waals surface area contributed by atoms with Crippen molar-refractivity contribution in [2.24, 2.45) is 5.73 Å². The molecule has 0 aromatic rings. The Bertz CT molecular complexity index is 283. The van der Waals surface area contributed by atoms with E-state index in [1.54, 1.807) is 0 Å². The molecule has 2 atom stereocenters. The monoisotopic (exact) mass is 268 g/mol. The van der Waals surface area contributed by atoms with Crippen LogP contribution in [-0.4, -0.2) is 79.1 Å². The van der Waals surface area contributed by atoms with E-state index in [2.05, 4.69) is 35.6 Å². The zero-order valence-corrected chi connectivity index (χ0v) is 13.1. The molecule has 0 bridgehead atoms. The van der Waals surface area contributed by atoms with Gasteiger partial charge in [-0.15, -0.1) is 0 Å². The fourth-order valence-corrected chi connectivity index (χ4v) is 3.68. The molecule has 2 heterocycles. The van der Waals surface area contributed by atoms with Crippen LogP contribution < -0.4 is 5.73 Å². The molecule has 0 aromatic heterocycles. The number of hydrogen-bond donors (Lipinski definition) is 1. The minimum absolute atomic E-state index is 0.263. The first-order chi connectivity index (χ1) is 9.11. The maximum Gasteiger partial charge on any atom is 0.0345 e. The van der Waals surface area contributed by atoms with Gasteiger partial charge >= 0.3 is 0 Å². The van der Waals surface area contributed by atoms with Crippen LogP contribution in [0, 0.1) is 0 Å². The van der Waals surface area contributed by atoms with Crippen LogP contribution in [0.25, 0.3) is 0 Å². The molecular formula is C15H32N4. The Labute approximate surface area is 118 Å². The van der Waals surface area contributed by atoms with Gasteiger partial charge in [-0.3, -0.25) is 4.90 Å². The molecule has 4 heteroatoms. The molecule has 0 amide bonds. The highest BCUT2D eigenvalue weighted by molar-refractivity contribution is 4.97. The van der Waals surface area contributed by atoms with E-state index in [1.165, 1.54) is 58.5 Å². The summed E-state index contributed by atoms with van der Waals surface area (Å²) in [5, 5.41) is 0. The number of hydrogen-bond acceptors (Lipinski definition) is 4. The van der Waals surface area contributed by atoms with E-state index in [-0.39, 0.29) is 5.54 Å². The molecule has 19 heavy (non-hydrogen) atoms. The Morgan fingerprint density at radius 2 is 1.95 bits per heavy atom. The van der Waals surface area contributed by atoms with Crippen LogP contribution in [0.3, 0.4) is 0 Å². The zero-order chi connectivity index (χ0) is 13.9. The van der Waals surface area contributed by atoms with E-state index in [9.17, 15) is 0 Å². The van der Waals surface area contributed by atoms with E-state index in [0.717, 1.165) is 6.54 Å². The lowest BCUT2D eigenvalue weighted by molar-refractivity contribution is 0.00988. The molecular weight excluding hydrogens is 236 g/mol. The second kappa shape index (κ2) is 6.53. The van der Waals surface area contributed by atoms with Gasteiger partial charge in [-0.25, -0.2) is 0 Å². The van der Waals surface area contributed by atoms with Crippen molar-refractivity contribution in [3.63, 3.8) is 0 Å². The van der Waals surface area contributed by atoms with Crippen LogP contribution in [0.15, 0.2) is 0 Å². The standard InChI is InChI=1S/C15H32N4/c1-4-18-8-5-6-15(13-16,7-9-18)19-11-10-17(3)14(2)12-19/h14H,4-13,16H2,1-3H3. The number of likely N-dealkylation sites (tertiary alicyclic amines) is 1. The molecule has 0 radical (unpaired) electrons. The second-order valence-electron chi connectivity index (χ2n) is 6.49. The quantitative estimate of drug-likeness (QED) is 0.822. The van der Waals surface area contributed by atoms with Crippen LogP contribution in [0.1, 0.15) is 33.1 Å². The van der Waals surface area contributed by atoms with Crippen molar-refractivity contribution >= 4 is 0 Å². The average molecular weight is 268 g/mol. The van der Waals surface area contributed by atoms with Gasteiger partial charge in [-0.05, 0) is 52.9 Å². The van der Waals surface area contributed by atoms with Gasteiger partial charge in [-0.1, -0.05) is 6.92 Å². The molecule has 2 fully saturated rings. The van der Waals surface area contributed by atoms with Crippen molar-refractivity contribution in [2.45, 2.75) is 44.7 Å². The first-order valence-corrected chi connectivity index (χ1v) is 7.99. The summed E-state index contributed by atoms with van der Waals surface area (Å²) < 4.78 is 0. The minimum Gasteiger partial charge on any atom is -0.329 e. The van der Waals surface area contributed by atoms with E-state index in [0.29, 0.717) is 6.04 Å². The van der Waals surface area contributed by atoms with Gasteiger partial charge in [-0.2, -0.15) is 0 Å². The summed E-state index contributed by atoms with van der Waals surface area (Å²) in [5.74, 6) is 0. The maximum absolute atomic E-state index is 6.23. The fraction of sp³-hybridized carbons (Fsp3) is 1.00. The lowest BCUT2D eigenvalue weighted by atomic mass is 9.87. The first kappa shape index (κ1) is 15.2. The lowest BCUT2D eigenvalue weighted by Gasteiger charge is -2.49. The van der Waals surface area contributed by atoms with Crippen molar-refractivity contribution in [3.8, 4) is 0 Å². The van der Waals surface area contributed by atoms with E-state index in [4.69, 9.17) is 5.73 Å². The third-order valence-corrected chi connectivity index (χ3v) is 5.47. The van der Waals surface area contributed by atoms with Crippen molar-refractivity contribution in [2.75, 3.05) is 52.9 Å². The van der Waals surface area contributed by atoms with Gasteiger partial charge in [0.15, 0.2) is 0 Å². The molecule has 4 nitrogen and oxygen atoms in total. The Hall–Kier alpha value is -0.160. The van der Waals surface area contributed by atoms with Crippen LogP contribution in [-0.2, 0) is 0 Å². The van der Waals surface area contributed by atoms with Crippen molar-refractivity contribution in [1.82, 2.24) is 14.7 Å². The van der Waals surface area contributed by atoms with Crippen molar-refractivity contribution in [1.29, 1.82) is 0 Å². The Kier molecular flexibility index (Phi) is 5.23. The highest BCUT2D eigenvalue weighted by Gasteiger charge is 2.39. The lowest BCUT2D eigenvalue weighted by Crippen LogP contribution is -2.62. The highest BCUT2D eigenvalue weighted by Crippen LogP contribution is 2.30.